The Balaban J connectivity index is 1.41. The van der Waals surface area contributed by atoms with Crippen molar-refractivity contribution < 1.29 is 0 Å². The summed E-state index contributed by atoms with van der Waals surface area (Å²) < 4.78 is 2.36. The largest absolute Gasteiger partial charge is 0.380 e. The molecule has 0 unspecified atom stereocenters. The molecule has 1 aromatic carbocycles. The van der Waals surface area contributed by atoms with Crippen LogP contribution in [0, 0.1) is 0 Å². The van der Waals surface area contributed by atoms with Crippen molar-refractivity contribution in [3.8, 4) is 0 Å². The molecule has 3 heterocycles. The zero-order chi connectivity index (χ0) is 21.6. The van der Waals surface area contributed by atoms with Gasteiger partial charge in [-0.1, -0.05) is 42.1 Å². The molecule has 1 fully saturated rings. The molecule has 0 saturated carbocycles. The number of rotatable bonds is 8. The van der Waals surface area contributed by atoms with E-state index in [0.717, 1.165) is 55.9 Å². The molecule has 7 heteroatoms. The first-order valence-corrected chi connectivity index (χ1v) is 12.2. The number of nitrogens with one attached hydrogen (secondary N) is 1. The quantitative estimate of drug-likeness (QED) is 0.532. The van der Waals surface area contributed by atoms with E-state index in [2.05, 4.69) is 86.2 Å². The van der Waals surface area contributed by atoms with Crippen molar-refractivity contribution in [1.82, 2.24) is 19.4 Å². The minimum Gasteiger partial charge on any atom is -0.380 e. The van der Waals surface area contributed by atoms with E-state index in [1.165, 1.54) is 11.3 Å². The lowest BCUT2D eigenvalue weighted by Crippen LogP contribution is -2.46. The van der Waals surface area contributed by atoms with E-state index in [1.807, 2.05) is 18.5 Å². The maximum Gasteiger partial charge on any atom is 0.168 e. The topological polar surface area (TPSA) is 49.2 Å². The fourth-order valence-corrected chi connectivity index (χ4v) is 4.60. The summed E-state index contributed by atoms with van der Waals surface area (Å²) in [5.74, 6) is 1.06. The number of pyridine rings is 1. The smallest absolute Gasteiger partial charge is 0.168 e. The molecule has 6 nitrogen and oxygen atoms in total. The normalized spacial score (nSPS) is 14.9. The molecule has 0 radical (unpaired) electrons. The zero-order valence-corrected chi connectivity index (χ0v) is 19.5. The highest BCUT2D eigenvalue weighted by atomic mass is 32.2. The van der Waals surface area contributed by atoms with E-state index in [-0.39, 0.29) is 0 Å². The van der Waals surface area contributed by atoms with E-state index in [4.69, 9.17) is 0 Å². The maximum absolute atomic E-state index is 4.67. The van der Waals surface area contributed by atoms with Gasteiger partial charge in [-0.15, -0.1) is 0 Å². The molecule has 1 N–H and O–H groups in total. The van der Waals surface area contributed by atoms with Gasteiger partial charge in [0.25, 0.3) is 0 Å². The first kappa shape index (κ1) is 21.7. The van der Waals surface area contributed by atoms with Gasteiger partial charge < -0.3 is 14.8 Å². The molecular weight excluding hydrogens is 406 g/mol. The van der Waals surface area contributed by atoms with E-state index >= 15 is 0 Å². The van der Waals surface area contributed by atoms with Gasteiger partial charge in [-0.2, -0.15) is 0 Å². The van der Waals surface area contributed by atoms with Gasteiger partial charge in [0.15, 0.2) is 11.0 Å². The van der Waals surface area contributed by atoms with E-state index in [9.17, 15) is 0 Å². The fourth-order valence-electron chi connectivity index (χ4n) is 4.04. The second-order valence-electron chi connectivity index (χ2n) is 8.24. The highest BCUT2D eigenvalue weighted by molar-refractivity contribution is 7.98. The van der Waals surface area contributed by atoms with Gasteiger partial charge >= 0.3 is 0 Å². The van der Waals surface area contributed by atoms with Crippen molar-refractivity contribution in [2.45, 2.75) is 38.1 Å². The molecule has 0 amide bonds. The molecule has 164 valence electrons. The summed E-state index contributed by atoms with van der Waals surface area (Å²) in [6.07, 6.45) is 6.03. The van der Waals surface area contributed by atoms with Crippen LogP contribution in [-0.4, -0.2) is 57.9 Å². The second kappa shape index (κ2) is 10.2. The number of benzene rings is 1. The first-order chi connectivity index (χ1) is 15.1. The molecule has 0 aliphatic carbocycles. The number of thioether (sulfide) groups is 1. The Hall–Kier alpha value is -2.51. The van der Waals surface area contributed by atoms with Gasteiger partial charge in [0, 0.05) is 51.5 Å². The van der Waals surface area contributed by atoms with Crippen molar-refractivity contribution in [3.05, 3.63) is 66.1 Å². The average molecular weight is 439 g/mol. The third-order valence-electron chi connectivity index (χ3n) is 5.56. The SMILES string of the molecule is CS[14c]1ncc(CN2CCN(c3ncccc3NC(C)C)CC2)n1Cc1ccccc1. The lowest BCUT2D eigenvalue weighted by molar-refractivity contribution is 0.243. The van der Waals surface area contributed by atoms with Crippen molar-refractivity contribution in [2.24, 2.45) is 0 Å². The first-order valence-electron chi connectivity index (χ1n) is 10.9. The van der Waals surface area contributed by atoms with Crippen LogP contribution in [0.15, 0.2) is 60.0 Å². The van der Waals surface area contributed by atoms with Crippen LogP contribution < -0.4 is 10.2 Å². The summed E-state index contributed by atoms with van der Waals surface area (Å²) in [5, 5.41) is 4.61. The Morgan fingerprint density at radius 3 is 2.52 bits per heavy atom. The van der Waals surface area contributed by atoms with Crippen LogP contribution in [0.3, 0.4) is 0 Å². The van der Waals surface area contributed by atoms with E-state index in [1.54, 1.807) is 11.8 Å². The van der Waals surface area contributed by atoms with Gasteiger partial charge in [-0.05, 0) is 37.8 Å². The summed E-state index contributed by atoms with van der Waals surface area (Å²) in [6, 6.07) is 15.2. The average Bonchev–Trinajstić information content (AvgIpc) is 3.16. The second-order valence-corrected chi connectivity index (χ2v) is 9.02. The number of hydrogen-bond donors (Lipinski definition) is 1. The van der Waals surface area contributed by atoms with Gasteiger partial charge in [0.2, 0.25) is 0 Å². The monoisotopic (exact) mass is 438 g/mol. The van der Waals surface area contributed by atoms with E-state index < -0.39 is 0 Å². The highest BCUT2D eigenvalue weighted by Crippen LogP contribution is 2.25. The molecule has 1 aliphatic rings. The number of hydrogen-bond acceptors (Lipinski definition) is 6. The molecular formula is C24H32N6S. The molecule has 0 atom stereocenters. The van der Waals surface area contributed by atoms with Gasteiger partial charge in [0.1, 0.15) is 0 Å². The highest BCUT2D eigenvalue weighted by Gasteiger charge is 2.22. The van der Waals surface area contributed by atoms with E-state index in [0.29, 0.717) is 6.04 Å². The summed E-state index contributed by atoms with van der Waals surface area (Å²) >= 11 is 1.71. The van der Waals surface area contributed by atoms with Gasteiger partial charge in [0.05, 0.1) is 17.6 Å². The molecule has 0 bridgehead atoms. The van der Waals surface area contributed by atoms with Crippen LogP contribution in [0.5, 0.6) is 0 Å². The van der Waals surface area contributed by atoms with Crippen molar-refractivity contribution in [1.29, 1.82) is 0 Å². The lowest BCUT2D eigenvalue weighted by Gasteiger charge is -2.36. The van der Waals surface area contributed by atoms with Gasteiger partial charge in [-0.25, -0.2) is 9.97 Å². The standard InChI is InChI=1S/C24H32N6S/c1-19(2)27-22-10-7-11-25-23(22)29-14-12-28(13-15-29)18-21-16-26-24(31-3)30(21)17-20-8-5-4-6-9-20/h4-11,16,19,27H,12-15,17-18H2,1-3H3/i24+2. The van der Waals surface area contributed by atoms with Crippen molar-refractivity contribution in [2.75, 3.05) is 42.7 Å². The van der Waals surface area contributed by atoms with Crippen LogP contribution in [-0.2, 0) is 13.1 Å². The summed E-state index contributed by atoms with van der Waals surface area (Å²) in [7, 11) is 0. The number of piperazine rings is 1. The third kappa shape index (κ3) is 5.40. The molecule has 2 aromatic heterocycles. The van der Waals surface area contributed by atoms with Crippen molar-refractivity contribution in [3.63, 3.8) is 0 Å². The van der Waals surface area contributed by atoms with Crippen LogP contribution in [0.2, 0.25) is 0 Å². The minimum atomic E-state index is 0.389. The Morgan fingerprint density at radius 2 is 1.81 bits per heavy atom. The Labute approximate surface area is 189 Å². The summed E-state index contributed by atoms with van der Waals surface area (Å²) in [4.78, 5) is 14.3. The summed E-state index contributed by atoms with van der Waals surface area (Å²) in [6.45, 7) is 10.1. The van der Waals surface area contributed by atoms with Crippen LogP contribution in [0.25, 0.3) is 0 Å². The summed E-state index contributed by atoms with van der Waals surface area (Å²) in [5.41, 5.74) is 3.71. The third-order valence-corrected chi connectivity index (χ3v) is 6.25. The van der Waals surface area contributed by atoms with Crippen LogP contribution in [0.4, 0.5) is 11.5 Å². The van der Waals surface area contributed by atoms with Crippen LogP contribution in [0.1, 0.15) is 25.1 Å². The fraction of sp³-hybridized carbons (Fsp3) is 0.417. The maximum atomic E-state index is 4.67. The Bertz CT molecular complexity index is 963. The van der Waals surface area contributed by atoms with Crippen LogP contribution >= 0.6 is 11.8 Å². The Morgan fingerprint density at radius 1 is 1.03 bits per heavy atom. The molecule has 4 rings (SSSR count). The molecule has 3 aromatic rings. The number of imidazole rings is 1. The molecule has 1 aliphatic heterocycles. The minimum absolute atomic E-state index is 0.389. The predicted octanol–water partition coefficient (Wildman–Crippen LogP) is 4.19. The predicted molar refractivity (Wildman–Crippen MR) is 130 cm³/mol. The molecule has 31 heavy (non-hydrogen) atoms. The molecule has 0 spiro atoms. The number of nitrogens with zero attached hydrogens (tertiary/aromatic N) is 5. The number of aromatic nitrogens is 3. The zero-order valence-electron chi connectivity index (χ0n) is 18.7. The van der Waals surface area contributed by atoms with Crippen molar-refractivity contribution >= 4 is 23.3 Å². The van der Waals surface area contributed by atoms with Gasteiger partial charge in [-0.3, -0.25) is 4.90 Å². The number of anilines is 2. The molecule has 1 saturated heterocycles. The Kier molecular flexibility index (Phi) is 7.14. The lowest BCUT2D eigenvalue weighted by atomic mass is 10.2.